The molecule has 8 heteroatoms. The van der Waals surface area contributed by atoms with Gasteiger partial charge in [-0.05, 0) is 43.7 Å². The first kappa shape index (κ1) is 16.7. The number of non-ortho nitro benzene ring substituents is 1. The number of carbonyl (C=O) groups is 1. The van der Waals surface area contributed by atoms with Gasteiger partial charge in [-0.1, -0.05) is 0 Å². The summed E-state index contributed by atoms with van der Waals surface area (Å²) in [4.78, 5) is 22.2. The van der Waals surface area contributed by atoms with E-state index in [1.807, 2.05) is 0 Å². The van der Waals surface area contributed by atoms with Crippen molar-refractivity contribution < 1.29 is 14.5 Å². The Kier molecular flexibility index (Phi) is 5.51. The molecule has 0 spiro atoms. The smallest absolute Gasteiger partial charge is 0.314 e. The predicted molar refractivity (Wildman–Crippen MR) is 84.1 cm³/mol. The SMILES string of the molecule is N=C(N)NC[C@H]1CC[C@H](C(=O)Oc2ccc([N+](=O)[O-])cc2)CC1. The third-order valence-corrected chi connectivity index (χ3v) is 4.03. The second-order valence-electron chi connectivity index (χ2n) is 5.68. The van der Waals surface area contributed by atoms with Crippen LogP contribution in [-0.2, 0) is 4.79 Å². The number of hydrogen-bond acceptors (Lipinski definition) is 5. The topological polar surface area (TPSA) is 131 Å². The molecule has 0 atom stereocenters. The lowest BCUT2D eigenvalue weighted by Crippen LogP contribution is -2.36. The zero-order valence-electron chi connectivity index (χ0n) is 12.7. The molecule has 1 aromatic rings. The first-order valence-electron chi connectivity index (χ1n) is 7.49. The molecule has 2 rings (SSSR count). The number of nitrogens with two attached hydrogens (primary N) is 1. The maximum atomic E-state index is 12.1. The Morgan fingerprint density at radius 3 is 2.43 bits per heavy atom. The van der Waals surface area contributed by atoms with E-state index in [4.69, 9.17) is 15.9 Å². The van der Waals surface area contributed by atoms with Crippen molar-refractivity contribution in [1.82, 2.24) is 5.32 Å². The molecule has 0 radical (unpaired) electrons. The third kappa shape index (κ3) is 4.94. The van der Waals surface area contributed by atoms with Gasteiger partial charge in [0.1, 0.15) is 5.75 Å². The maximum absolute atomic E-state index is 12.1. The molecule has 0 saturated heterocycles. The highest BCUT2D eigenvalue weighted by atomic mass is 16.6. The molecule has 1 aliphatic carbocycles. The van der Waals surface area contributed by atoms with Gasteiger partial charge in [-0.2, -0.15) is 0 Å². The predicted octanol–water partition coefficient (Wildman–Crippen LogP) is 1.79. The molecule has 8 nitrogen and oxygen atoms in total. The van der Waals surface area contributed by atoms with Gasteiger partial charge in [-0.3, -0.25) is 20.3 Å². The number of benzene rings is 1. The van der Waals surface area contributed by atoms with Crippen molar-refractivity contribution >= 4 is 17.6 Å². The summed E-state index contributed by atoms with van der Waals surface area (Å²) < 4.78 is 5.29. The summed E-state index contributed by atoms with van der Waals surface area (Å²) in [5.74, 6) is 0.239. The van der Waals surface area contributed by atoms with Crippen LogP contribution in [0.4, 0.5) is 5.69 Å². The first-order valence-corrected chi connectivity index (χ1v) is 7.49. The number of nitro benzene ring substituents is 1. The fourth-order valence-corrected chi connectivity index (χ4v) is 2.69. The molecule has 0 heterocycles. The van der Waals surface area contributed by atoms with Gasteiger partial charge in [-0.25, -0.2) is 0 Å². The van der Waals surface area contributed by atoms with Crippen LogP contribution in [0.15, 0.2) is 24.3 Å². The van der Waals surface area contributed by atoms with Crippen molar-refractivity contribution in [1.29, 1.82) is 5.41 Å². The van der Waals surface area contributed by atoms with Gasteiger partial charge in [0.2, 0.25) is 0 Å². The standard InChI is InChI=1S/C15H20N4O4/c16-15(17)18-9-10-1-3-11(4-2-10)14(20)23-13-7-5-12(6-8-13)19(21)22/h5-8,10-11H,1-4,9H2,(H4,16,17,18)/t10-,11-. The Bertz CT molecular complexity index is 580. The highest BCUT2D eigenvalue weighted by Crippen LogP contribution is 2.30. The lowest BCUT2D eigenvalue weighted by Gasteiger charge is -2.27. The summed E-state index contributed by atoms with van der Waals surface area (Å²) in [6.07, 6.45) is 3.22. The van der Waals surface area contributed by atoms with Crippen LogP contribution in [-0.4, -0.2) is 23.4 Å². The normalized spacial score (nSPS) is 20.5. The molecule has 0 unspecified atom stereocenters. The molecular formula is C15H20N4O4. The van der Waals surface area contributed by atoms with Crippen LogP contribution in [0.2, 0.25) is 0 Å². The minimum Gasteiger partial charge on any atom is -0.426 e. The van der Waals surface area contributed by atoms with Crippen LogP contribution in [0.5, 0.6) is 5.75 Å². The number of nitrogens with one attached hydrogen (secondary N) is 2. The molecule has 0 aromatic heterocycles. The number of esters is 1. The van der Waals surface area contributed by atoms with Crippen molar-refractivity contribution in [3.63, 3.8) is 0 Å². The zero-order valence-corrected chi connectivity index (χ0v) is 12.7. The summed E-state index contributed by atoms with van der Waals surface area (Å²) in [6, 6.07) is 5.48. The van der Waals surface area contributed by atoms with Gasteiger partial charge in [0.15, 0.2) is 5.96 Å². The van der Waals surface area contributed by atoms with Crippen molar-refractivity contribution in [2.75, 3.05) is 6.54 Å². The van der Waals surface area contributed by atoms with Gasteiger partial charge < -0.3 is 15.8 Å². The van der Waals surface area contributed by atoms with E-state index in [1.165, 1.54) is 24.3 Å². The molecule has 23 heavy (non-hydrogen) atoms. The summed E-state index contributed by atoms with van der Waals surface area (Å²) in [5.41, 5.74) is 5.22. The average molecular weight is 320 g/mol. The van der Waals surface area contributed by atoms with Gasteiger partial charge in [0.25, 0.3) is 5.69 Å². The molecule has 1 aromatic carbocycles. The number of nitro groups is 1. The van der Waals surface area contributed by atoms with Crippen LogP contribution in [0, 0.1) is 27.4 Å². The monoisotopic (exact) mass is 320 g/mol. The van der Waals surface area contributed by atoms with Crippen molar-refractivity contribution in [3.05, 3.63) is 34.4 Å². The number of hydrogen-bond donors (Lipinski definition) is 3. The van der Waals surface area contributed by atoms with Crippen LogP contribution < -0.4 is 15.8 Å². The number of rotatable bonds is 5. The fourth-order valence-electron chi connectivity index (χ4n) is 2.69. The zero-order chi connectivity index (χ0) is 16.8. The Balaban J connectivity index is 1.80. The number of guanidine groups is 1. The summed E-state index contributed by atoms with van der Waals surface area (Å²) >= 11 is 0. The summed E-state index contributed by atoms with van der Waals surface area (Å²) in [6.45, 7) is 0.652. The highest BCUT2D eigenvalue weighted by Gasteiger charge is 2.27. The van der Waals surface area contributed by atoms with E-state index >= 15 is 0 Å². The molecule has 1 saturated carbocycles. The third-order valence-electron chi connectivity index (χ3n) is 4.03. The van der Waals surface area contributed by atoms with Crippen LogP contribution in [0.1, 0.15) is 25.7 Å². The quantitative estimate of drug-likeness (QED) is 0.189. The van der Waals surface area contributed by atoms with Crippen LogP contribution >= 0.6 is 0 Å². The van der Waals surface area contributed by atoms with Gasteiger partial charge in [-0.15, -0.1) is 0 Å². The Labute approximate surface area is 133 Å². The highest BCUT2D eigenvalue weighted by molar-refractivity contribution is 5.75. The minimum absolute atomic E-state index is 0.0373. The Hall–Kier alpha value is -2.64. The van der Waals surface area contributed by atoms with Crippen molar-refractivity contribution in [2.45, 2.75) is 25.7 Å². The fraction of sp³-hybridized carbons (Fsp3) is 0.467. The van der Waals surface area contributed by atoms with Gasteiger partial charge >= 0.3 is 5.97 Å². The van der Waals surface area contributed by atoms with E-state index < -0.39 is 4.92 Å². The van der Waals surface area contributed by atoms with E-state index in [1.54, 1.807) is 0 Å². The lowest BCUT2D eigenvalue weighted by atomic mass is 9.82. The van der Waals surface area contributed by atoms with Gasteiger partial charge in [0.05, 0.1) is 10.8 Å². The average Bonchev–Trinajstić information content (AvgIpc) is 2.54. The summed E-state index contributed by atoms with van der Waals surface area (Å²) in [5, 5.41) is 20.5. The van der Waals surface area contributed by atoms with E-state index in [2.05, 4.69) is 5.32 Å². The van der Waals surface area contributed by atoms with Crippen LogP contribution in [0.25, 0.3) is 0 Å². The van der Waals surface area contributed by atoms with E-state index in [-0.39, 0.29) is 23.5 Å². The molecule has 1 fully saturated rings. The lowest BCUT2D eigenvalue weighted by molar-refractivity contribution is -0.384. The summed E-state index contributed by atoms with van der Waals surface area (Å²) in [7, 11) is 0. The van der Waals surface area contributed by atoms with Crippen molar-refractivity contribution in [3.8, 4) is 5.75 Å². The second kappa shape index (κ2) is 7.57. The minimum atomic E-state index is -0.498. The Morgan fingerprint density at radius 2 is 1.91 bits per heavy atom. The number of carbonyl (C=O) groups excluding carboxylic acids is 1. The van der Waals surface area contributed by atoms with Crippen LogP contribution in [0.3, 0.4) is 0 Å². The number of nitrogens with zero attached hydrogens (tertiary/aromatic N) is 1. The largest absolute Gasteiger partial charge is 0.426 e. The molecule has 0 bridgehead atoms. The molecule has 0 aliphatic heterocycles. The molecule has 0 amide bonds. The Morgan fingerprint density at radius 1 is 1.30 bits per heavy atom. The number of ether oxygens (including phenoxy) is 1. The van der Waals surface area contributed by atoms with E-state index in [0.717, 1.165) is 25.7 Å². The molecular weight excluding hydrogens is 300 g/mol. The van der Waals surface area contributed by atoms with Gasteiger partial charge in [0, 0.05) is 18.7 Å². The van der Waals surface area contributed by atoms with Crippen molar-refractivity contribution in [2.24, 2.45) is 17.6 Å². The van der Waals surface area contributed by atoms with E-state index in [0.29, 0.717) is 18.2 Å². The molecule has 4 N–H and O–H groups in total. The molecule has 124 valence electrons. The van der Waals surface area contributed by atoms with E-state index in [9.17, 15) is 14.9 Å². The first-order chi connectivity index (χ1) is 11.0. The molecule has 1 aliphatic rings. The maximum Gasteiger partial charge on any atom is 0.314 e. The second-order valence-corrected chi connectivity index (χ2v) is 5.68.